The first-order chi connectivity index (χ1) is 16.0. The maximum Gasteiger partial charge on any atom is 0.461 e. The summed E-state index contributed by atoms with van der Waals surface area (Å²) in [6, 6.07) is 15.2. The average Bonchev–Trinajstić information content (AvgIpc) is 2.80. The van der Waals surface area contributed by atoms with E-state index in [4.69, 9.17) is 23.2 Å². The van der Waals surface area contributed by atoms with Crippen LogP contribution < -0.4 is 15.4 Å². The van der Waals surface area contributed by atoms with Crippen LogP contribution in [0, 0.1) is 0 Å². The first kappa shape index (κ1) is 25.3. The van der Waals surface area contributed by atoms with E-state index in [2.05, 4.69) is 15.4 Å². The van der Waals surface area contributed by atoms with Crippen LogP contribution in [0.25, 0.3) is 11.1 Å². The largest absolute Gasteiger partial charge is 0.461 e. The molecule has 0 saturated carbocycles. The highest BCUT2D eigenvalue weighted by molar-refractivity contribution is 6.37. The molecule has 34 heavy (non-hydrogen) atoms. The molecule has 0 fully saturated rings. The summed E-state index contributed by atoms with van der Waals surface area (Å²) in [4.78, 5) is 25.3. The van der Waals surface area contributed by atoms with E-state index in [1.54, 1.807) is 42.5 Å². The Morgan fingerprint density at radius 3 is 1.82 bits per heavy atom. The second kappa shape index (κ2) is 10.3. The number of anilines is 1. The predicted octanol–water partition coefficient (Wildman–Crippen LogP) is 6.51. The quantitative estimate of drug-likeness (QED) is 0.353. The zero-order chi connectivity index (χ0) is 25.0. The number of halogens is 6. The lowest BCUT2D eigenvalue weighted by molar-refractivity contribution is -0.253. The number of hydrogen-bond donors (Lipinski definition) is 2. The number of hydrogen-bond acceptors (Lipinski definition) is 3. The SMILES string of the molecule is CNC(=O)c1ccccc1-c1ccccc1C(=O)Nc1cc(Cl)c(OC(F)(F)C(F)F)c(Cl)c1. The van der Waals surface area contributed by atoms with Gasteiger partial charge >= 0.3 is 12.5 Å². The Morgan fingerprint density at radius 1 is 0.882 bits per heavy atom. The van der Waals surface area contributed by atoms with Gasteiger partial charge in [0.15, 0.2) is 5.75 Å². The molecule has 0 aliphatic rings. The lowest BCUT2D eigenvalue weighted by atomic mass is 9.94. The summed E-state index contributed by atoms with van der Waals surface area (Å²) >= 11 is 11.8. The van der Waals surface area contributed by atoms with Crippen molar-refractivity contribution in [2.75, 3.05) is 12.4 Å². The van der Waals surface area contributed by atoms with Gasteiger partial charge in [-0.1, -0.05) is 59.6 Å². The van der Waals surface area contributed by atoms with Gasteiger partial charge in [-0.05, 0) is 35.4 Å². The van der Waals surface area contributed by atoms with Crippen molar-refractivity contribution in [3.8, 4) is 16.9 Å². The number of nitrogens with one attached hydrogen (secondary N) is 2. The van der Waals surface area contributed by atoms with Crippen LogP contribution in [0.3, 0.4) is 0 Å². The molecule has 2 amide bonds. The van der Waals surface area contributed by atoms with E-state index in [1.807, 2.05) is 0 Å². The van der Waals surface area contributed by atoms with Gasteiger partial charge in [0.1, 0.15) is 0 Å². The second-order valence-electron chi connectivity index (χ2n) is 6.86. The molecule has 0 radical (unpaired) electrons. The summed E-state index contributed by atoms with van der Waals surface area (Å²) in [5, 5.41) is 4.04. The maximum atomic E-state index is 13.3. The highest BCUT2D eigenvalue weighted by Gasteiger charge is 2.45. The van der Waals surface area contributed by atoms with Crippen LogP contribution in [-0.2, 0) is 0 Å². The lowest BCUT2D eigenvalue weighted by Gasteiger charge is -2.19. The van der Waals surface area contributed by atoms with Gasteiger partial charge in [-0.2, -0.15) is 17.6 Å². The Hall–Kier alpha value is -3.30. The van der Waals surface area contributed by atoms with Crippen LogP contribution >= 0.6 is 23.2 Å². The van der Waals surface area contributed by atoms with Crippen LogP contribution in [0.15, 0.2) is 60.7 Å². The maximum absolute atomic E-state index is 13.3. The van der Waals surface area contributed by atoms with Crippen molar-refractivity contribution in [2.24, 2.45) is 0 Å². The van der Waals surface area contributed by atoms with Crippen LogP contribution in [0.4, 0.5) is 23.2 Å². The lowest BCUT2D eigenvalue weighted by Crippen LogP contribution is -2.33. The molecule has 0 heterocycles. The van der Waals surface area contributed by atoms with Crippen molar-refractivity contribution in [1.82, 2.24) is 5.32 Å². The summed E-state index contributed by atoms with van der Waals surface area (Å²) in [7, 11) is 1.48. The van der Waals surface area contributed by atoms with E-state index >= 15 is 0 Å². The van der Waals surface area contributed by atoms with Crippen molar-refractivity contribution in [3.63, 3.8) is 0 Å². The second-order valence-corrected chi connectivity index (χ2v) is 7.67. The molecule has 3 aromatic rings. The summed E-state index contributed by atoms with van der Waals surface area (Å²) in [5.74, 6) is -1.83. The Bertz CT molecular complexity index is 1220. The minimum atomic E-state index is -4.81. The molecule has 0 aliphatic heterocycles. The zero-order valence-corrected chi connectivity index (χ0v) is 18.9. The molecule has 0 aliphatic carbocycles. The Labute approximate surface area is 201 Å². The topological polar surface area (TPSA) is 67.4 Å². The normalized spacial score (nSPS) is 11.3. The van der Waals surface area contributed by atoms with Gasteiger partial charge in [0.25, 0.3) is 11.8 Å². The third-order valence-electron chi connectivity index (χ3n) is 4.61. The number of carbonyl (C=O) groups is 2. The minimum absolute atomic E-state index is 0.00195. The van der Waals surface area contributed by atoms with Crippen molar-refractivity contribution in [2.45, 2.75) is 12.5 Å². The van der Waals surface area contributed by atoms with E-state index in [-0.39, 0.29) is 17.2 Å². The van der Waals surface area contributed by atoms with E-state index in [1.165, 1.54) is 13.1 Å². The van der Waals surface area contributed by atoms with E-state index in [9.17, 15) is 27.2 Å². The highest BCUT2D eigenvalue weighted by atomic mass is 35.5. The minimum Gasteiger partial charge on any atom is -0.425 e. The van der Waals surface area contributed by atoms with Crippen LogP contribution in [-0.4, -0.2) is 31.4 Å². The van der Waals surface area contributed by atoms with Gasteiger partial charge < -0.3 is 15.4 Å². The van der Waals surface area contributed by atoms with E-state index in [0.29, 0.717) is 16.7 Å². The predicted molar refractivity (Wildman–Crippen MR) is 121 cm³/mol. The third-order valence-corrected chi connectivity index (χ3v) is 5.17. The molecule has 0 aromatic heterocycles. The summed E-state index contributed by atoms with van der Waals surface area (Å²) in [6.45, 7) is 0. The molecule has 0 unspecified atom stereocenters. The molecule has 0 atom stereocenters. The fourth-order valence-corrected chi connectivity index (χ4v) is 3.64. The van der Waals surface area contributed by atoms with Crippen molar-refractivity contribution in [3.05, 3.63) is 81.8 Å². The average molecular weight is 515 g/mol. The summed E-state index contributed by atoms with van der Waals surface area (Å²) < 4.78 is 55.4. The molecule has 11 heteroatoms. The van der Waals surface area contributed by atoms with Gasteiger partial charge in [0.05, 0.1) is 10.0 Å². The van der Waals surface area contributed by atoms with Crippen molar-refractivity contribution >= 4 is 40.7 Å². The van der Waals surface area contributed by atoms with Gasteiger partial charge in [0.2, 0.25) is 0 Å². The number of rotatable bonds is 7. The molecule has 3 rings (SSSR count). The van der Waals surface area contributed by atoms with Gasteiger partial charge in [-0.15, -0.1) is 0 Å². The summed E-state index contributed by atoms with van der Waals surface area (Å²) in [6.07, 6.45) is -8.91. The van der Waals surface area contributed by atoms with E-state index in [0.717, 1.165) is 12.1 Å². The Kier molecular flexibility index (Phi) is 7.68. The monoisotopic (exact) mass is 514 g/mol. The molecule has 2 N–H and O–H groups in total. The first-order valence-electron chi connectivity index (χ1n) is 9.61. The fraction of sp³-hybridized carbons (Fsp3) is 0.130. The number of amides is 2. The van der Waals surface area contributed by atoms with Crippen LogP contribution in [0.1, 0.15) is 20.7 Å². The molecular formula is C23H16Cl2F4N2O3. The Morgan fingerprint density at radius 2 is 1.35 bits per heavy atom. The molecule has 5 nitrogen and oxygen atoms in total. The van der Waals surface area contributed by atoms with Gasteiger partial charge in [-0.3, -0.25) is 9.59 Å². The molecular weight excluding hydrogens is 499 g/mol. The molecule has 3 aromatic carbocycles. The smallest absolute Gasteiger partial charge is 0.425 e. The molecule has 0 saturated heterocycles. The molecule has 0 bridgehead atoms. The van der Waals surface area contributed by atoms with Gasteiger partial charge in [-0.25, -0.2) is 0 Å². The summed E-state index contributed by atoms with van der Waals surface area (Å²) in [5.41, 5.74) is 1.49. The van der Waals surface area contributed by atoms with Crippen molar-refractivity contribution < 1.29 is 31.9 Å². The fourth-order valence-electron chi connectivity index (χ4n) is 3.08. The van der Waals surface area contributed by atoms with Crippen molar-refractivity contribution in [1.29, 1.82) is 0 Å². The third kappa shape index (κ3) is 5.43. The van der Waals surface area contributed by atoms with Crippen LogP contribution in [0.5, 0.6) is 5.75 Å². The Balaban J connectivity index is 1.94. The number of ether oxygens (including phenoxy) is 1. The number of carbonyl (C=O) groups excluding carboxylic acids is 2. The zero-order valence-electron chi connectivity index (χ0n) is 17.3. The first-order valence-corrected chi connectivity index (χ1v) is 10.4. The highest BCUT2D eigenvalue weighted by Crippen LogP contribution is 2.40. The molecule has 0 spiro atoms. The molecule has 178 valence electrons. The standard InChI is InChI=1S/C23H16Cl2F4N2O3/c1-30-20(32)15-8-4-2-6-13(15)14-7-3-5-9-16(14)21(33)31-12-10-17(24)19(18(25)11-12)34-23(28,29)22(26)27/h2-11,22H,1H3,(H,30,32)(H,31,33). The van der Waals surface area contributed by atoms with E-state index < -0.39 is 34.2 Å². The number of benzene rings is 3. The van der Waals surface area contributed by atoms with Crippen LogP contribution in [0.2, 0.25) is 10.0 Å². The number of alkyl halides is 4. The van der Waals surface area contributed by atoms with Gasteiger partial charge in [0, 0.05) is 23.9 Å².